The topological polar surface area (TPSA) is 52.3 Å². The number of fused-ring (bicyclic) bond motifs is 1. The molecule has 2 aromatic carbocycles. The molecule has 3 rings (SSSR count). The average Bonchev–Trinajstić information content (AvgIpc) is 2.92. The van der Waals surface area contributed by atoms with Crippen LogP contribution < -0.4 is 0 Å². The Bertz CT molecular complexity index is 747. The molecule has 4 nitrogen and oxygen atoms in total. The summed E-state index contributed by atoms with van der Waals surface area (Å²) in [5.74, 6) is -1.47. The lowest BCUT2D eigenvalue weighted by atomic mass is 9.99. The number of carbonyl (C=O) groups is 1. The molecule has 0 saturated heterocycles. The van der Waals surface area contributed by atoms with Gasteiger partial charge in [0.1, 0.15) is 11.3 Å². The van der Waals surface area contributed by atoms with Gasteiger partial charge in [0.15, 0.2) is 11.5 Å². The van der Waals surface area contributed by atoms with E-state index in [-0.39, 0.29) is 11.7 Å². The van der Waals surface area contributed by atoms with E-state index in [1.165, 1.54) is 31.4 Å². The Balaban J connectivity index is 2.10. The molecule has 3 aromatic rings. The van der Waals surface area contributed by atoms with Crippen LogP contribution in [-0.2, 0) is 9.53 Å². The second-order valence-corrected chi connectivity index (χ2v) is 4.53. The van der Waals surface area contributed by atoms with Crippen molar-refractivity contribution in [2.45, 2.75) is 5.92 Å². The van der Waals surface area contributed by atoms with Gasteiger partial charge < -0.3 is 9.15 Å². The number of ether oxygens (including phenoxy) is 1. The quantitative estimate of drug-likeness (QED) is 0.693. The Morgan fingerprint density at radius 2 is 1.90 bits per heavy atom. The van der Waals surface area contributed by atoms with Gasteiger partial charge >= 0.3 is 5.97 Å². The normalized spacial score (nSPS) is 12.3. The van der Waals surface area contributed by atoms with Gasteiger partial charge in [0.25, 0.3) is 0 Å². The van der Waals surface area contributed by atoms with Crippen LogP contribution in [-0.4, -0.2) is 18.1 Å². The van der Waals surface area contributed by atoms with E-state index in [9.17, 15) is 9.18 Å². The van der Waals surface area contributed by atoms with Crippen LogP contribution in [0.3, 0.4) is 0 Å². The van der Waals surface area contributed by atoms with Gasteiger partial charge in [-0.15, -0.1) is 0 Å². The van der Waals surface area contributed by atoms with Gasteiger partial charge in [-0.25, -0.2) is 9.37 Å². The molecule has 0 bridgehead atoms. The minimum absolute atomic E-state index is 0.231. The second-order valence-electron chi connectivity index (χ2n) is 4.53. The van der Waals surface area contributed by atoms with Gasteiger partial charge in [0, 0.05) is 0 Å². The van der Waals surface area contributed by atoms with Crippen LogP contribution in [0.15, 0.2) is 52.9 Å². The maximum atomic E-state index is 13.0. The second kappa shape index (κ2) is 5.36. The molecule has 0 radical (unpaired) electrons. The van der Waals surface area contributed by atoms with Crippen molar-refractivity contribution in [3.05, 3.63) is 65.8 Å². The average molecular weight is 285 g/mol. The number of rotatable bonds is 3. The Labute approximate surface area is 120 Å². The molecule has 0 saturated carbocycles. The molecule has 0 aliphatic carbocycles. The van der Waals surface area contributed by atoms with E-state index in [4.69, 9.17) is 9.15 Å². The third-order valence-corrected chi connectivity index (χ3v) is 3.20. The number of benzene rings is 2. The number of oxazole rings is 1. The zero-order chi connectivity index (χ0) is 14.8. The number of hydrogen-bond donors (Lipinski definition) is 0. The smallest absolute Gasteiger partial charge is 0.322 e. The summed E-state index contributed by atoms with van der Waals surface area (Å²) in [6, 6.07) is 12.8. The van der Waals surface area contributed by atoms with E-state index in [0.29, 0.717) is 16.7 Å². The Kier molecular flexibility index (Phi) is 3.39. The molecule has 1 heterocycles. The van der Waals surface area contributed by atoms with E-state index >= 15 is 0 Å². The van der Waals surface area contributed by atoms with E-state index in [1.807, 2.05) is 12.1 Å². The fourth-order valence-corrected chi connectivity index (χ4v) is 2.17. The molecule has 0 N–H and O–H groups in total. The van der Waals surface area contributed by atoms with Crippen molar-refractivity contribution < 1.29 is 18.3 Å². The van der Waals surface area contributed by atoms with Crippen LogP contribution in [0.25, 0.3) is 11.1 Å². The van der Waals surface area contributed by atoms with E-state index in [0.717, 1.165) is 0 Å². The lowest BCUT2D eigenvalue weighted by Crippen LogP contribution is -2.16. The number of methoxy groups -OCH3 is 1. The molecule has 1 aromatic heterocycles. The summed E-state index contributed by atoms with van der Waals surface area (Å²) >= 11 is 0. The summed E-state index contributed by atoms with van der Waals surface area (Å²) in [7, 11) is 1.29. The van der Waals surface area contributed by atoms with Crippen LogP contribution in [0.2, 0.25) is 0 Å². The first-order valence-electron chi connectivity index (χ1n) is 6.38. The number of nitrogens with zero attached hydrogens (tertiary/aromatic N) is 1. The van der Waals surface area contributed by atoms with E-state index in [2.05, 4.69) is 4.98 Å². The van der Waals surface area contributed by atoms with Crippen molar-refractivity contribution in [2.75, 3.05) is 7.11 Å². The Morgan fingerprint density at radius 1 is 1.19 bits per heavy atom. The first kappa shape index (κ1) is 13.3. The van der Waals surface area contributed by atoms with Crippen molar-refractivity contribution in [2.24, 2.45) is 0 Å². The number of halogens is 1. The number of esters is 1. The van der Waals surface area contributed by atoms with Crippen molar-refractivity contribution in [3.8, 4) is 0 Å². The molecule has 0 aliphatic heterocycles. The lowest BCUT2D eigenvalue weighted by Gasteiger charge is -2.11. The molecule has 106 valence electrons. The summed E-state index contributed by atoms with van der Waals surface area (Å²) < 4.78 is 23.5. The van der Waals surface area contributed by atoms with Gasteiger partial charge in [-0.3, -0.25) is 4.79 Å². The third-order valence-electron chi connectivity index (χ3n) is 3.20. The monoisotopic (exact) mass is 285 g/mol. The third kappa shape index (κ3) is 2.50. The van der Waals surface area contributed by atoms with Gasteiger partial charge in [-0.2, -0.15) is 0 Å². The van der Waals surface area contributed by atoms with Crippen molar-refractivity contribution in [1.82, 2.24) is 4.98 Å². The number of para-hydroxylation sites is 2. The van der Waals surface area contributed by atoms with Gasteiger partial charge in [-0.1, -0.05) is 24.3 Å². The van der Waals surface area contributed by atoms with Gasteiger partial charge in [-0.05, 0) is 29.8 Å². The molecule has 1 atom stereocenters. The van der Waals surface area contributed by atoms with Crippen LogP contribution >= 0.6 is 0 Å². The van der Waals surface area contributed by atoms with Crippen molar-refractivity contribution in [3.63, 3.8) is 0 Å². The highest BCUT2D eigenvalue weighted by atomic mass is 19.1. The van der Waals surface area contributed by atoms with Crippen LogP contribution in [0.5, 0.6) is 0 Å². The highest BCUT2D eigenvalue weighted by Crippen LogP contribution is 2.28. The Morgan fingerprint density at radius 3 is 2.57 bits per heavy atom. The number of hydrogen-bond acceptors (Lipinski definition) is 4. The predicted molar refractivity (Wildman–Crippen MR) is 74.3 cm³/mol. The molecule has 1 unspecified atom stereocenters. The molecular formula is C16H12FNO3. The molecule has 0 spiro atoms. The van der Waals surface area contributed by atoms with Crippen LogP contribution in [0.4, 0.5) is 4.39 Å². The summed E-state index contributed by atoms with van der Waals surface area (Å²) in [5, 5.41) is 0. The fourth-order valence-electron chi connectivity index (χ4n) is 2.17. The van der Waals surface area contributed by atoms with Gasteiger partial charge in [0.2, 0.25) is 5.89 Å². The minimum Gasteiger partial charge on any atom is -0.468 e. The predicted octanol–water partition coefficient (Wildman–Crippen LogP) is 3.27. The van der Waals surface area contributed by atoms with E-state index in [1.54, 1.807) is 12.1 Å². The zero-order valence-electron chi connectivity index (χ0n) is 11.2. The lowest BCUT2D eigenvalue weighted by molar-refractivity contribution is -0.141. The highest BCUT2D eigenvalue weighted by Gasteiger charge is 2.28. The minimum atomic E-state index is -0.817. The highest BCUT2D eigenvalue weighted by molar-refractivity contribution is 5.82. The largest absolute Gasteiger partial charge is 0.468 e. The van der Waals surface area contributed by atoms with Crippen LogP contribution in [0.1, 0.15) is 17.4 Å². The molecule has 0 aliphatic rings. The Hall–Kier alpha value is -2.69. The first-order chi connectivity index (χ1) is 10.2. The molecule has 21 heavy (non-hydrogen) atoms. The standard InChI is InChI=1S/C16H12FNO3/c1-20-16(19)14(10-6-8-11(17)9-7-10)15-18-12-4-2-3-5-13(12)21-15/h2-9,14H,1H3. The summed E-state index contributed by atoms with van der Waals surface area (Å²) in [4.78, 5) is 16.4. The molecule has 5 heteroatoms. The summed E-state index contributed by atoms with van der Waals surface area (Å²) in [6.45, 7) is 0. The molecule has 0 fully saturated rings. The SMILES string of the molecule is COC(=O)C(c1ccc(F)cc1)c1nc2ccccc2o1. The maximum absolute atomic E-state index is 13.0. The van der Waals surface area contributed by atoms with Gasteiger partial charge in [0.05, 0.1) is 7.11 Å². The maximum Gasteiger partial charge on any atom is 0.322 e. The van der Waals surface area contributed by atoms with Crippen molar-refractivity contribution in [1.29, 1.82) is 0 Å². The first-order valence-corrected chi connectivity index (χ1v) is 6.38. The number of aromatic nitrogens is 1. The van der Waals surface area contributed by atoms with Crippen molar-refractivity contribution >= 4 is 17.1 Å². The zero-order valence-corrected chi connectivity index (χ0v) is 11.2. The molecule has 0 amide bonds. The number of carbonyl (C=O) groups excluding carboxylic acids is 1. The summed E-state index contributed by atoms with van der Waals surface area (Å²) in [6.07, 6.45) is 0. The van der Waals surface area contributed by atoms with Crippen LogP contribution in [0, 0.1) is 5.82 Å². The fraction of sp³-hybridized carbons (Fsp3) is 0.125. The summed E-state index contributed by atoms with van der Waals surface area (Å²) in [5.41, 5.74) is 1.81. The molecular weight excluding hydrogens is 273 g/mol. The van der Waals surface area contributed by atoms with E-state index < -0.39 is 11.9 Å².